The molecule has 2 rings (SSSR count). The van der Waals surface area contributed by atoms with Gasteiger partial charge >= 0.3 is 6.18 Å². The molecule has 0 unspecified atom stereocenters. The van der Waals surface area contributed by atoms with Crippen LogP contribution in [0.3, 0.4) is 0 Å². The van der Waals surface area contributed by atoms with Crippen LogP contribution in [0, 0.1) is 5.82 Å². The highest BCUT2D eigenvalue weighted by atomic mass is 35.5. The maximum Gasteiger partial charge on any atom is 0.416 e. The van der Waals surface area contributed by atoms with E-state index in [2.05, 4.69) is 5.32 Å². The summed E-state index contributed by atoms with van der Waals surface area (Å²) >= 11 is 5.58. The molecule has 0 aromatic heterocycles. The molecule has 0 aliphatic heterocycles. The number of carbonyl (C=O) groups excluding carboxylic acids is 1. The third kappa shape index (κ3) is 4.21. The van der Waals surface area contributed by atoms with Crippen molar-refractivity contribution in [2.75, 3.05) is 5.32 Å². The Morgan fingerprint density at radius 3 is 2.50 bits per heavy atom. The highest BCUT2D eigenvalue weighted by Crippen LogP contribution is 2.29. The van der Waals surface area contributed by atoms with Crippen LogP contribution in [0.15, 0.2) is 42.5 Å². The molecule has 22 heavy (non-hydrogen) atoms. The van der Waals surface area contributed by atoms with E-state index in [9.17, 15) is 22.4 Å². The fourth-order valence-corrected chi connectivity index (χ4v) is 1.99. The van der Waals surface area contributed by atoms with Gasteiger partial charge in [0.2, 0.25) is 5.91 Å². The van der Waals surface area contributed by atoms with Gasteiger partial charge in [-0.1, -0.05) is 29.8 Å². The highest BCUT2D eigenvalue weighted by molar-refractivity contribution is 6.30. The number of hydrogen-bond acceptors (Lipinski definition) is 1. The summed E-state index contributed by atoms with van der Waals surface area (Å²) in [5, 5.41) is 2.46. The fraction of sp³-hybridized carbons (Fsp3) is 0.133. The van der Waals surface area contributed by atoms with Crippen LogP contribution in [-0.2, 0) is 17.4 Å². The summed E-state index contributed by atoms with van der Waals surface area (Å²) in [5.74, 6) is -1.34. The Balaban J connectivity index is 2.09. The topological polar surface area (TPSA) is 29.1 Å². The summed E-state index contributed by atoms with van der Waals surface area (Å²) in [7, 11) is 0. The van der Waals surface area contributed by atoms with Gasteiger partial charge in [0.1, 0.15) is 5.82 Å². The van der Waals surface area contributed by atoms with Crippen molar-refractivity contribution in [1.82, 2.24) is 0 Å². The molecule has 2 aromatic rings. The molecule has 2 aromatic carbocycles. The van der Waals surface area contributed by atoms with Crippen molar-refractivity contribution < 1.29 is 22.4 Å². The van der Waals surface area contributed by atoms with Crippen molar-refractivity contribution in [3.05, 3.63) is 64.4 Å². The molecule has 0 heterocycles. The minimum atomic E-state index is -4.48. The number of anilines is 1. The van der Waals surface area contributed by atoms with Gasteiger partial charge in [-0.2, -0.15) is 13.2 Å². The predicted octanol–water partition coefficient (Wildman–Crippen LogP) is 4.68. The Hall–Kier alpha value is -2.08. The Bertz CT molecular complexity index is 700. The van der Waals surface area contributed by atoms with Crippen LogP contribution in [0.2, 0.25) is 5.02 Å². The first kappa shape index (κ1) is 16.3. The first-order valence-corrected chi connectivity index (χ1v) is 6.54. The van der Waals surface area contributed by atoms with E-state index in [0.717, 1.165) is 18.2 Å². The first-order chi connectivity index (χ1) is 10.3. The van der Waals surface area contributed by atoms with E-state index in [1.54, 1.807) is 0 Å². The molecule has 7 heteroatoms. The molecule has 1 N–H and O–H groups in total. The zero-order valence-electron chi connectivity index (χ0n) is 11.0. The molecule has 0 saturated carbocycles. The van der Waals surface area contributed by atoms with Gasteiger partial charge in [-0.15, -0.1) is 0 Å². The minimum absolute atomic E-state index is 0.0821. The lowest BCUT2D eigenvalue weighted by Gasteiger charge is -2.09. The Kier molecular flexibility index (Phi) is 4.71. The third-order valence-corrected chi connectivity index (χ3v) is 3.06. The van der Waals surface area contributed by atoms with E-state index in [1.807, 2.05) is 0 Å². The van der Waals surface area contributed by atoms with Crippen LogP contribution in [0.4, 0.5) is 23.2 Å². The number of rotatable bonds is 3. The van der Waals surface area contributed by atoms with Crippen molar-refractivity contribution in [2.45, 2.75) is 12.6 Å². The van der Waals surface area contributed by atoms with Crippen LogP contribution >= 0.6 is 11.6 Å². The minimum Gasteiger partial charge on any atom is -0.323 e. The van der Waals surface area contributed by atoms with E-state index in [0.29, 0.717) is 0 Å². The first-order valence-electron chi connectivity index (χ1n) is 6.17. The van der Waals surface area contributed by atoms with Crippen molar-refractivity contribution >= 4 is 23.2 Å². The third-order valence-electron chi connectivity index (χ3n) is 2.82. The summed E-state index contributed by atoms with van der Waals surface area (Å²) in [6, 6.07) is 8.12. The molecule has 1 amide bonds. The lowest BCUT2D eigenvalue weighted by Crippen LogP contribution is -2.16. The van der Waals surface area contributed by atoms with Crippen molar-refractivity contribution in [1.29, 1.82) is 0 Å². The average Bonchev–Trinajstić information content (AvgIpc) is 2.41. The summed E-state index contributed by atoms with van der Waals surface area (Å²) in [4.78, 5) is 11.8. The van der Waals surface area contributed by atoms with Crippen LogP contribution in [0.25, 0.3) is 0 Å². The van der Waals surface area contributed by atoms with Crippen LogP contribution in [0.5, 0.6) is 0 Å². The molecule has 2 nitrogen and oxygen atoms in total. The summed E-state index contributed by atoms with van der Waals surface area (Å²) in [5.41, 5.74) is -0.737. The van der Waals surface area contributed by atoms with Gasteiger partial charge in [0.15, 0.2) is 0 Å². The van der Waals surface area contributed by atoms with Gasteiger partial charge in [-0.25, -0.2) is 4.39 Å². The van der Waals surface area contributed by atoms with Gasteiger partial charge in [0.25, 0.3) is 0 Å². The second-order valence-electron chi connectivity index (χ2n) is 4.55. The van der Waals surface area contributed by atoms with Gasteiger partial charge < -0.3 is 5.32 Å². The Morgan fingerprint density at radius 1 is 1.14 bits per heavy atom. The molecule has 0 radical (unpaired) electrons. The molecule has 0 aliphatic carbocycles. The van der Waals surface area contributed by atoms with E-state index in [-0.39, 0.29) is 22.7 Å². The van der Waals surface area contributed by atoms with Crippen molar-refractivity contribution in [2.24, 2.45) is 0 Å². The number of halogens is 5. The maximum absolute atomic E-state index is 13.5. The Labute approximate surface area is 128 Å². The van der Waals surface area contributed by atoms with Crippen molar-refractivity contribution in [3.63, 3.8) is 0 Å². The van der Waals surface area contributed by atoms with Crippen LogP contribution < -0.4 is 5.32 Å². The molecule has 0 fully saturated rings. The molecule has 116 valence electrons. The van der Waals surface area contributed by atoms with E-state index in [4.69, 9.17) is 11.6 Å². The van der Waals surface area contributed by atoms with Gasteiger partial charge in [-0.3, -0.25) is 4.79 Å². The second-order valence-corrected chi connectivity index (χ2v) is 4.98. The predicted molar refractivity (Wildman–Crippen MR) is 75.2 cm³/mol. The quantitative estimate of drug-likeness (QED) is 0.813. The molecule has 0 aliphatic rings. The maximum atomic E-state index is 13.5. The van der Waals surface area contributed by atoms with Gasteiger partial charge in [0, 0.05) is 5.02 Å². The molecule has 0 bridgehead atoms. The molecular weight excluding hydrogens is 322 g/mol. The lowest BCUT2D eigenvalue weighted by atomic mass is 10.1. The summed E-state index contributed by atoms with van der Waals surface area (Å²) in [6.45, 7) is 0. The normalized spacial score (nSPS) is 11.3. The van der Waals surface area contributed by atoms with Crippen LogP contribution in [-0.4, -0.2) is 5.91 Å². The fourth-order valence-electron chi connectivity index (χ4n) is 1.83. The van der Waals surface area contributed by atoms with Gasteiger partial charge in [0.05, 0.1) is 17.7 Å². The average molecular weight is 332 g/mol. The van der Waals surface area contributed by atoms with Gasteiger partial charge in [-0.05, 0) is 29.8 Å². The molecule has 0 saturated heterocycles. The number of alkyl halides is 3. The molecular formula is C15H10ClF4NO. The lowest BCUT2D eigenvalue weighted by molar-refractivity contribution is -0.137. The number of amides is 1. The second kappa shape index (κ2) is 6.36. The standard InChI is InChI=1S/C15H10ClF4NO/c16-11-4-5-13(12(17)8-11)21-14(22)7-9-2-1-3-10(6-9)15(18,19)20/h1-6,8H,7H2,(H,21,22). The number of carbonyl (C=O) groups is 1. The number of hydrogen-bond donors (Lipinski definition) is 1. The summed E-state index contributed by atoms with van der Waals surface area (Å²) < 4.78 is 51.3. The van der Waals surface area contributed by atoms with Crippen molar-refractivity contribution in [3.8, 4) is 0 Å². The highest BCUT2D eigenvalue weighted by Gasteiger charge is 2.30. The number of benzene rings is 2. The monoisotopic (exact) mass is 331 g/mol. The van der Waals surface area contributed by atoms with E-state index < -0.39 is 23.5 Å². The largest absolute Gasteiger partial charge is 0.416 e. The number of nitrogens with one attached hydrogen (secondary N) is 1. The zero-order valence-corrected chi connectivity index (χ0v) is 11.8. The van der Waals surface area contributed by atoms with E-state index in [1.165, 1.54) is 24.3 Å². The summed E-state index contributed by atoms with van der Waals surface area (Å²) in [6.07, 6.45) is -4.78. The van der Waals surface area contributed by atoms with Crippen LogP contribution in [0.1, 0.15) is 11.1 Å². The van der Waals surface area contributed by atoms with E-state index >= 15 is 0 Å². The smallest absolute Gasteiger partial charge is 0.323 e. The molecule has 0 spiro atoms. The molecule has 0 atom stereocenters. The zero-order chi connectivity index (χ0) is 16.3. The Morgan fingerprint density at radius 2 is 1.86 bits per heavy atom. The SMILES string of the molecule is O=C(Cc1cccc(C(F)(F)F)c1)Nc1ccc(Cl)cc1F.